The molecule has 2 atom stereocenters. The van der Waals surface area contributed by atoms with Gasteiger partial charge in [0.15, 0.2) is 0 Å². The first-order chi connectivity index (χ1) is 6.25. The summed E-state index contributed by atoms with van der Waals surface area (Å²) in [6.45, 7) is 0.633. The lowest BCUT2D eigenvalue weighted by Gasteiger charge is -2.27. The van der Waals surface area contributed by atoms with Gasteiger partial charge in [-0.25, -0.2) is 0 Å². The van der Waals surface area contributed by atoms with E-state index in [-0.39, 0.29) is 18.4 Å². The maximum Gasteiger partial charge on any atom is 0.306 e. The highest BCUT2D eigenvalue weighted by Gasteiger charge is 2.30. The number of hydrogen-bond donors (Lipinski definition) is 1. The van der Waals surface area contributed by atoms with Gasteiger partial charge >= 0.3 is 5.97 Å². The molecule has 2 unspecified atom stereocenters. The quantitative estimate of drug-likeness (QED) is 0.666. The fourth-order valence-electron chi connectivity index (χ4n) is 1.90. The lowest BCUT2D eigenvalue weighted by atomic mass is 9.80. The summed E-state index contributed by atoms with van der Waals surface area (Å²) in [6.07, 6.45) is 3.57. The fourth-order valence-corrected chi connectivity index (χ4v) is 1.90. The number of carbonyl (C=O) groups is 2. The van der Waals surface area contributed by atoms with Gasteiger partial charge in [-0.2, -0.15) is 0 Å². The van der Waals surface area contributed by atoms with E-state index < -0.39 is 5.97 Å². The van der Waals surface area contributed by atoms with Crippen LogP contribution in [0.15, 0.2) is 0 Å². The number of rotatable bonds is 4. The van der Waals surface area contributed by atoms with E-state index in [1.807, 2.05) is 0 Å². The Balaban J connectivity index is 2.46. The first kappa shape index (κ1) is 10.0. The van der Waals surface area contributed by atoms with Crippen molar-refractivity contribution in [2.75, 3.05) is 6.61 Å². The summed E-state index contributed by atoms with van der Waals surface area (Å²) < 4.78 is 4.61. The maximum absolute atomic E-state index is 10.8. The highest BCUT2D eigenvalue weighted by molar-refractivity contribution is 5.70. The summed E-state index contributed by atoms with van der Waals surface area (Å²) in [7, 11) is 0. The molecule has 0 amide bonds. The Hall–Kier alpha value is -1.06. The van der Waals surface area contributed by atoms with Crippen LogP contribution < -0.4 is 0 Å². The molecule has 4 nitrogen and oxygen atoms in total. The first-order valence-corrected chi connectivity index (χ1v) is 4.53. The Kier molecular flexibility index (Phi) is 3.73. The molecule has 0 aromatic heterocycles. The van der Waals surface area contributed by atoms with Gasteiger partial charge in [0.25, 0.3) is 6.47 Å². The monoisotopic (exact) mass is 186 g/mol. The second-order valence-corrected chi connectivity index (χ2v) is 3.42. The average molecular weight is 186 g/mol. The van der Waals surface area contributed by atoms with Gasteiger partial charge in [0, 0.05) is 5.92 Å². The maximum atomic E-state index is 10.8. The second-order valence-electron chi connectivity index (χ2n) is 3.42. The van der Waals surface area contributed by atoms with E-state index in [0.717, 1.165) is 19.3 Å². The molecule has 0 radical (unpaired) electrons. The van der Waals surface area contributed by atoms with Crippen molar-refractivity contribution in [2.45, 2.75) is 25.7 Å². The number of ether oxygens (including phenoxy) is 1. The largest absolute Gasteiger partial charge is 0.481 e. The van der Waals surface area contributed by atoms with E-state index in [2.05, 4.69) is 4.74 Å². The fraction of sp³-hybridized carbons (Fsp3) is 0.778. The third kappa shape index (κ3) is 2.72. The molecule has 0 heterocycles. The van der Waals surface area contributed by atoms with Gasteiger partial charge in [-0.3, -0.25) is 9.59 Å². The van der Waals surface area contributed by atoms with Crippen LogP contribution in [0.25, 0.3) is 0 Å². The smallest absolute Gasteiger partial charge is 0.306 e. The molecule has 1 N–H and O–H groups in total. The van der Waals surface area contributed by atoms with Crippen LogP contribution in [-0.4, -0.2) is 24.2 Å². The van der Waals surface area contributed by atoms with Crippen molar-refractivity contribution in [2.24, 2.45) is 11.8 Å². The van der Waals surface area contributed by atoms with Gasteiger partial charge in [-0.15, -0.1) is 0 Å². The summed E-state index contributed by atoms with van der Waals surface area (Å²) >= 11 is 0. The van der Waals surface area contributed by atoms with Crippen molar-refractivity contribution in [3.8, 4) is 0 Å². The van der Waals surface area contributed by atoms with Gasteiger partial charge in [0.1, 0.15) is 0 Å². The molecule has 0 bridgehead atoms. The molecule has 0 saturated heterocycles. The molecule has 0 aromatic carbocycles. The van der Waals surface area contributed by atoms with Gasteiger partial charge < -0.3 is 9.84 Å². The molecule has 1 rings (SSSR count). The zero-order chi connectivity index (χ0) is 9.68. The second kappa shape index (κ2) is 4.84. The topological polar surface area (TPSA) is 63.6 Å². The number of carboxylic acid groups (broad SMARTS) is 1. The van der Waals surface area contributed by atoms with Gasteiger partial charge in [-0.1, -0.05) is 12.8 Å². The van der Waals surface area contributed by atoms with Crippen LogP contribution in [0.3, 0.4) is 0 Å². The third-order valence-corrected chi connectivity index (χ3v) is 2.60. The molecule has 1 fully saturated rings. The first-order valence-electron chi connectivity index (χ1n) is 4.53. The van der Waals surface area contributed by atoms with Crippen LogP contribution in [0.2, 0.25) is 0 Å². The Bertz CT molecular complexity index is 190. The number of hydrogen-bond acceptors (Lipinski definition) is 3. The number of aliphatic carboxylic acids is 1. The van der Waals surface area contributed by atoms with E-state index in [9.17, 15) is 9.59 Å². The molecule has 0 spiro atoms. The molecular formula is C9H14O4. The Morgan fingerprint density at radius 1 is 1.46 bits per heavy atom. The van der Waals surface area contributed by atoms with Crippen LogP contribution in [0, 0.1) is 11.8 Å². The third-order valence-electron chi connectivity index (χ3n) is 2.60. The zero-order valence-electron chi connectivity index (χ0n) is 7.44. The highest BCUT2D eigenvalue weighted by atomic mass is 16.5. The average Bonchev–Trinajstić information content (AvgIpc) is 2.15. The van der Waals surface area contributed by atoms with Crippen LogP contribution in [0.1, 0.15) is 25.7 Å². The molecule has 4 heteroatoms. The van der Waals surface area contributed by atoms with Crippen molar-refractivity contribution >= 4 is 12.4 Å². The summed E-state index contributed by atoms with van der Waals surface area (Å²) in [5, 5.41) is 8.86. The zero-order valence-corrected chi connectivity index (χ0v) is 7.44. The number of carbonyl (C=O) groups excluding carboxylic acids is 1. The standard InChI is InChI=1S/C9H14O4/c10-6-13-5-7-3-1-2-4-8(7)9(11)12/h6-8H,1-5H2,(H,11,12). The predicted octanol–water partition coefficient (Wildman–Crippen LogP) is 1.05. The normalized spacial score (nSPS) is 28.0. The Morgan fingerprint density at radius 2 is 2.15 bits per heavy atom. The minimum absolute atomic E-state index is 0.0106. The molecule has 1 saturated carbocycles. The van der Waals surface area contributed by atoms with E-state index in [0.29, 0.717) is 12.9 Å². The van der Waals surface area contributed by atoms with Crippen molar-refractivity contribution in [3.05, 3.63) is 0 Å². The van der Waals surface area contributed by atoms with Gasteiger partial charge in [-0.05, 0) is 12.8 Å². The molecule has 74 valence electrons. The molecular weight excluding hydrogens is 172 g/mol. The molecule has 0 aliphatic heterocycles. The van der Waals surface area contributed by atoms with E-state index in [1.165, 1.54) is 0 Å². The van der Waals surface area contributed by atoms with Crippen LogP contribution >= 0.6 is 0 Å². The lowest BCUT2D eigenvalue weighted by Crippen LogP contribution is -2.30. The summed E-state index contributed by atoms with van der Waals surface area (Å²) in [5.74, 6) is -1.08. The minimum atomic E-state index is -0.765. The molecule has 1 aliphatic carbocycles. The van der Waals surface area contributed by atoms with Crippen molar-refractivity contribution in [1.82, 2.24) is 0 Å². The van der Waals surface area contributed by atoms with E-state index in [1.54, 1.807) is 0 Å². The molecule has 0 aromatic rings. The SMILES string of the molecule is O=COCC1CCCCC1C(=O)O. The van der Waals surface area contributed by atoms with E-state index in [4.69, 9.17) is 5.11 Å². The van der Waals surface area contributed by atoms with Gasteiger partial charge in [0.05, 0.1) is 12.5 Å². The van der Waals surface area contributed by atoms with Crippen LogP contribution in [0.4, 0.5) is 0 Å². The summed E-state index contributed by atoms with van der Waals surface area (Å²) in [5.41, 5.74) is 0. The molecule has 13 heavy (non-hydrogen) atoms. The minimum Gasteiger partial charge on any atom is -0.481 e. The van der Waals surface area contributed by atoms with Crippen molar-refractivity contribution < 1.29 is 19.4 Å². The summed E-state index contributed by atoms with van der Waals surface area (Å²) in [6, 6.07) is 0. The van der Waals surface area contributed by atoms with Gasteiger partial charge in [0.2, 0.25) is 0 Å². The van der Waals surface area contributed by atoms with Crippen LogP contribution in [-0.2, 0) is 14.3 Å². The molecule has 1 aliphatic rings. The van der Waals surface area contributed by atoms with E-state index >= 15 is 0 Å². The Morgan fingerprint density at radius 3 is 2.77 bits per heavy atom. The summed E-state index contributed by atoms with van der Waals surface area (Å²) in [4.78, 5) is 20.7. The van der Waals surface area contributed by atoms with Crippen molar-refractivity contribution in [1.29, 1.82) is 0 Å². The number of carboxylic acids is 1. The Labute approximate surface area is 76.9 Å². The predicted molar refractivity (Wildman–Crippen MR) is 45.1 cm³/mol. The van der Waals surface area contributed by atoms with Crippen LogP contribution in [0.5, 0.6) is 0 Å². The lowest BCUT2D eigenvalue weighted by molar-refractivity contribution is -0.147. The highest BCUT2D eigenvalue weighted by Crippen LogP contribution is 2.30. The van der Waals surface area contributed by atoms with Crippen molar-refractivity contribution in [3.63, 3.8) is 0 Å².